The number of halogens is 5. The summed E-state index contributed by atoms with van der Waals surface area (Å²) in [5.41, 5.74) is 0. The van der Waals surface area contributed by atoms with Crippen molar-refractivity contribution >= 4 is 66.4 Å². The Kier molecular flexibility index (Phi) is 63.2. The topological polar surface area (TPSA) is 0 Å². The Morgan fingerprint density at radius 1 is 1.12 bits per heavy atom. The molecule has 0 amide bonds. The number of rotatable bonds is 0. The van der Waals surface area contributed by atoms with Crippen LogP contribution in [0.3, 0.4) is 0 Å². The van der Waals surface area contributed by atoms with E-state index in [2.05, 4.69) is 0 Å². The van der Waals surface area contributed by atoms with Crippen molar-refractivity contribution in [2.75, 3.05) is 0 Å². The van der Waals surface area contributed by atoms with Gasteiger partial charge < -0.3 is 23.0 Å². The smallest absolute Gasteiger partial charge is 0.346 e. The number of hydrogen-bond acceptors (Lipinski definition) is 0. The first-order chi connectivity index (χ1) is 2.73. The SMILES string of the molecule is [Cl-].[Cl][K].[F][Al]([F])[F].[Na+]. The first-order valence-corrected chi connectivity index (χ1v) is 6.64. The molecule has 0 aromatic carbocycles. The Hall–Kier alpha value is 3.54. The molecule has 0 atom stereocenters. The number of hydrogen-bond donors (Lipinski definition) is 0. The molecule has 0 saturated heterocycles. The summed E-state index contributed by atoms with van der Waals surface area (Å²) in [6, 6.07) is 0. The van der Waals surface area contributed by atoms with Crippen LogP contribution in [0.15, 0.2) is 0 Å². The van der Waals surface area contributed by atoms with Crippen molar-refractivity contribution in [2.45, 2.75) is 0 Å². The van der Waals surface area contributed by atoms with Crippen molar-refractivity contribution in [2.24, 2.45) is 0 Å². The molecule has 0 bridgehead atoms. The molecule has 0 aromatic heterocycles. The first-order valence-electron chi connectivity index (χ1n) is 1.03. The van der Waals surface area contributed by atoms with Gasteiger partial charge in [0.1, 0.15) is 0 Å². The van der Waals surface area contributed by atoms with Gasteiger partial charge in [0.25, 0.3) is 0 Å². The fourth-order valence-electron chi connectivity index (χ4n) is 0. The van der Waals surface area contributed by atoms with Crippen molar-refractivity contribution in [3.05, 3.63) is 0 Å². The summed E-state index contributed by atoms with van der Waals surface area (Å²) >= 11 is -4.10. The Bertz CT molecular complexity index is 22.0. The van der Waals surface area contributed by atoms with Crippen LogP contribution < -0.4 is 42.0 Å². The van der Waals surface area contributed by atoms with E-state index in [1.54, 1.807) is 0 Å². The summed E-state index contributed by atoms with van der Waals surface area (Å²) in [6.45, 7) is 0. The molecule has 0 N–H and O–H groups in total. The van der Waals surface area contributed by atoms with Crippen molar-refractivity contribution < 1.29 is 52.5 Å². The van der Waals surface area contributed by atoms with Crippen LogP contribution in [0.25, 0.3) is 0 Å². The molecule has 0 aliphatic heterocycles. The molecule has 0 fully saturated rings. The van der Waals surface area contributed by atoms with E-state index >= 15 is 0 Å². The third-order valence-corrected chi connectivity index (χ3v) is 0. The summed E-state index contributed by atoms with van der Waals surface area (Å²) in [4.78, 5) is 0. The maximum Gasteiger partial charge on any atom is 1.04 e. The van der Waals surface area contributed by atoms with E-state index < -0.39 is 15.5 Å². The third kappa shape index (κ3) is 55.5. The van der Waals surface area contributed by atoms with Crippen LogP contribution in [0.4, 0.5) is 10.6 Å². The van der Waals surface area contributed by atoms with E-state index in [0.29, 0.717) is 47.1 Å². The van der Waals surface area contributed by atoms with Crippen LogP contribution in [0, 0.1) is 0 Å². The van der Waals surface area contributed by atoms with Crippen LogP contribution >= 0.6 is 3.76 Å². The van der Waals surface area contributed by atoms with Gasteiger partial charge in [0.05, 0.1) is 0 Å². The predicted octanol–water partition coefficient (Wildman–Crippen LogP) is -4.80. The second-order valence-corrected chi connectivity index (χ2v) is 0.742. The molecule has 0 aromatic rings. The predicted molar refractivity (Wildman–Crippen MR) is 20.7 cm³/mol. The van der Waals surface area contributed by atoms with Crippen LogP contribution in [0.5, 0.6) is 0 Å². The van der Waals surface area contributed by atoms with Gasteiger partial charge in [-0.25, -0.2) is 0 Å². The Morgan fingerprint density at radius 2 is 1.12 bits per heavy atom. The molecule has 8 heavy (non-hydrogen) atoms. The molecule has 0 unspecified atom stereocenters. The van der Waals surface area contributed by atoms with E-state index in [4.69, 9.17) is 3.76 Å². The fraction of sp³-hybridized carbons (Fsp3) is 0. The van der Waals surface area contributed by atoms with Gasteiger partial charge in [-0.15, -0.1) is 0 Å². The molecule has 0 saturated carbocycles. The quantitative estimate of drug-likeness (QED) is 0.357. The average Bonchev–Trinajstić information content (AvgIpc) is 1.41. The van der Waals surface area contributed by atoms with Gasteiger partial charge in [0, 0.05) is 0 Å². The largest absolute Gasteiger partial charge is 1.04 e. The molecule has 0 spiro atoms. The van der Waals surface area contributed by atoms with Crippen LogP contribution in [-0.2, 0) is 0 Å². The molecular weight excluding hydrogens is 217 g/mol. The second kappa shape index (κ2) is 22.4. The fourth-order valence-corrected chi connectivity index (χ4v) is 0. The molecular formula is AlCl2F3KNa. The molecule has 0 radical (unpaired) electrons. The zero-order valence-electron chi connectivity index (χ0n) is 4.47. The van der Waals surface area contributed by atoms with Crippen molar-refractivity contribution in [1.82, 2.24) is 0 Å². The Balaban J connectivity index is -0.0000000183. The van der Waals surface area contributed by atoms with Gasteiger partial charge in [0.15, 0.2) is 0 Å². The third-order valence-electron chi connectivity index (χ3n) is 0. The molecule has 0 aliphatic carbocycles. The normalized spacial score (nSPS) is 4.25. The van der Waals surface area contributed by atoms with Crippen molar-refractivity contribution in [3.63, 3.8) is 0 Å². The summed E-state index contributed by atoms with van der Waals surface area (Å²) in [5.74, 6) is 0. The standard InChI is InChI=1S/Al.2ClH.3FH.K.Na/h;5*1H;;/q+3;;;;;;2*+1/p-5. The monoisotopic (exact) mass is 216 g/mol. The van der Waals surface area contributed by atoms with E-state index in [1.807, 2.05) is 0 Å². The van der Waals surface area contributed by atoms with Gasteiger partial charge in [-0.3, -0.25) is 0 Å². The van der Waals surface area contributed by atoms with E-state index in [1.165, 1.54) is 0 Å². The molecule has 0 nitrogen and oxygen atoms in total. The van der Waals surface area contributed by atoms with Crippen molar-refractivity contribution in [3.8, 4) is 0 Å². The summed E-state index contributed by atoms with van der Waals surface area (Å²) in [5, 5.41) is 0. The van der Waals surface area contributed by atoms with Crippen molar-refractivity contribution in [1.29, 1.82) is 0 Å². The zero-order chi connectivity index (χ0) is 5.58. The zero-order valence-corrected chi connectivity index (χ0v) is 12.3. The average molecular weight is 217 g/mol. The summed E-state index contributed by atoms with van der Waals surface area (Å²) in [6.07, 6.45) is 0. The minimum Gasteiger partial charge on any atom is -0.346 e. The van der Waals surface area contributed by atoms with Gasteiger partial charge in [0.2, 0.25) is 0 Å². The van der Waals surface area contributed by atoms with Crippen LogP contribution in [0.2, 0.25) is 0 Å². The first kappa shape index (κ1) is 22.5. The molecule has 0 heterocycles. The minimum atomic E-state index is -4.64. The van der Waals surface area contributed by atoms with E-state index in [9.17, 15) is 10.6 Å². The molecule has 0 rings (SSSR count). The summed E-state index contributed by atoms with van der Waals surface area (Å²) < 4.78 is 34.2. The summed E-state index contributed by atoms with van der Waals surface area (Å²) in [7, 11) is 0. The Morgan fingerprint density at radius 3 is 1.12 bits per heavy atom. The van der Waals surface area contributed by atoms with Crippen LogP contribution in [-0.4, -0.2) is 62.7 Å². The molecule has 0 aliphatic rings. The van der Waals surface area contributed by atoms with Gasteiger partial charge in [-0.2, -0.15) is 0 Å². The maximum absolute atomic E-state index is 9.81. The van der Waals surface area contributed by atoms with Gasteiger partial charge in [-0.1, -0.05) is 0 Å². The van der Waals surface area contributed by atoms with Crippen LogP contribution in [0.1, 0.15) is 0 Å². The maximum atomic E-state index is 9.81. The minimum absolute atomic E-state index is 0. The van der Waals surface area contributed by atoms with Gasteiger partial charge >= 0.3 is 96.0 Å². The molecule has 40 valence electrons. The second-order valence-electron chi connectivity index (χ2n) is 0.247. The Labute approximate surface area is 116 Å². The van der Waals surface area contributed by atoms with Gasteiger partial charge in [-0.05, 0) is 0 Å². The van der Waals surface area contributed by atoms with E-state index in [0.717, 1.165) is 0 Å². The van der Waals surface area contributed by atoms with E-state index in [-0.39, 0.29) is 42.0 Å². The molecule has 8 heteroatoms.